The maximum absolute atomic E-state index is 11.6. The van der Waals surface area contributed by atoms with E-state index in [0.717, 1.165) is 6.42 Å². The third-order valence-electron chi connectivity index (χ3n) is 2.20. The molecule has 76 valence electrons. The molecule has 1 atom stereocenters. The van der Waals surface area contributed by atoms with Crippen LogP contribution in [0.4, 0.5) is 5.69 Å². The molecule has 0 aliphatic carbocycles. The van der Waals surface area contributed by atoms with Gasteiger partial charge in [-0.05, 0) is 25.5 Å². The van der Waals surface area contributed by atoms with Gasteiger partial charge in [0.2, 0.25) is 0 Å². The topological polar surface area (TPSA) is 55.1 Å². The van der Waals surface area contributed by atoms with Gasteiger partial charge < -0.3 is 11.1 Å². The minimum Gasteiger partial charge on any atom is -0.398 e. The van der Waals surface area contributed by atoms with Gasteiger partial charge in [0.25, 0.3) is 5.91 Å². The second-order valence-electron chi connectivity index (χ2n) is 3.37. The summed E-state index contributed by atoms with van der Waals surface area (Å²) in [5.41, 5.74) is 6.75. The lowest BCUT2D eigenvalue weighted by Crippen LogP contribution is -2.32. The first-order valence-corrected chi connectivity index (χ1v) is 4.80. The standard InChI is InChI=1S/C11H16N2O/c1-3-8(2)13-11(14)9-6-4-5-7-10(9)12/h4-8H,3,12H2,1-2H3,(H,13,14). The van der Waals surface area contributed by atoms with Crippen molar-refractivity contribution in [3.05, 3.63) is 29.8 Å². The maximum Gasteiger partial charge on any atom is 0.253 e. The van der Waals surface area contributed by atoms with Crippen molar-refractivity contribution in [2.75, 3.05) is 5.73 Å². The number of rotatable bonds is 3. The number of amides is 1. The summed E-state index contributed by atoms with van der Waals surface area (Å²) in [6, 6.07) is 7.26. The molecule has 1 aromatic carbocycles. The van der Waals surface area contributed by atoms with Crippen molar-refractivity contribution >= 4 is 11.6 Å². The number of hydrogen-bond acceptors (Lipinski definition) is 2. The molecule has 1 unspecified atom stereocenters. The van der Waals surface area contributed by atoms with E-state index >= 15 is 0 Å². The van der Waals surface area contributed by atoms with Gasteiger partial charge in [0.1, 0.15) is 0 Å². The van der Waals surface area contributed by atoms with E-state index in [1.807, 2.05) is 26.0 Å². The monoisotopic (exact) mass is 192 g/mol. The molecule has 0 saturated heterocycles. The third-order valence-corrected chi connectivity index (χ3v) is 2.20. The molecule has 3 nitrogen and oxygen atoms in total. The summed E-state index contributed by atoms with van der Waals surface area (Å²) in [7, 11) is 0. The fourth-order valence-electron chi connectivity index (χ4n) is 1.11. The lowest BCUT2D eigenvalue weighted by molar-refractivity contribution is 0.0940. The summed E-state index contributed by atoms with van der Waals surface area (Å²) in [5, 5.41) is 2.87. The van der Waals surface area contributed by atoms with Gasteiger partial charge in [-0.1, -0.05) is 19.1 Å². The molecule has 0 aliphatic rings. The van der Waals surface area contributed by atoms with E-state index in [1.54, 1.807) is 12.1 Å². The number of nitrogens with one attached hydrogen (secondary N) is 1. The number of carbonyl (C=O) groups excluding carboxylic acids is 1. The maximum atomic E-state index is 11.6. The highest BCUT2D eigenvalue weighted by atomic mass is 16.1. The van der Waals surface area contributed by atoms with E-state index in [1.165, 1.54) is 0 Å². The second kappa shape index (κ2) is 4.65. The van der Waals surface area contributed by atoms with Crippen LogP contribution in [0.25, 0.3) is 0 Å². The number of nitrogens with two attached hydrogens (primary N) is 1. The summed E-state index contributed by atoms with van der Waals surface area (Å²) in [6.45, 7) is 4.00. The number of anilines is 1. The normalized spacial score (nSPS) is 12.1. The van der Waals surface area contributed by atoms with Gasteiger partial charge in [-0.25, -0.2) is 0 Å². The van der Waals surface area contributed by atoms with Gasteiger partial charge >= 0.3 is 0 Å². The van der Waals surface area contributed by atoms with Crippen LogP contribution in [0, 0.1) is 0 Å². The molecule has 3 N–H and O–H groups in total. The highest BCUT2D eigenvalue weighted by Crippen LogP contribution is 2.10. The zero-order chi connectivity index (χ0) is 10.6. The Morgan fingerprint density at radius 3 is 2.71 bits per heavy atom. The van der Waals surface area contributed by atoms with Crippen LogP contribution in [0.5, 0.6) is 0 Å². The number of carbonyl (C=O) groups is 1. The summed E-state index contributed by atoms with van der Waals surface area (Å²) >= 11 is 0. The summed E-state index contributed by atoms with van der Waals surface area (Å²) in [4.78, 5) is 11.6. The van der Waals surface area contributed by atoms with Crippen LogP contribution in [0.15, 0.2) is 24.3 Å². The highest BCUT2D eigenvalue weighted by molar-refractivity contribution is 5.99. The first-order chi connectivity index (χ1) is 6.65. The SMILES string of the molecule is CCC(C)NC(=O)c1ccccc1N. The van der Waals surface area contributed by atoms with Crippen molar-refractivity contribution < 1.29 is 4.79 Å². The van der Waals surface area contributed by atoms with Crippen molar-refractivity contribution in [1.82, 2.24) is 5.32 Å². The zero-order valence-corrected chi connectivity index (χ0v) is 8.58. The van der Waals surface area contributed by atoms with Gasteiger partial charge in [0.05, 0.1) is 5.56 Å². The molecule has 0 fully saturated rings. The average molecular weight is 192 g/mol. The molecule has 1 amide bonds. The highest BCUT2D eigenvalue weighted by Gasteiger charge is 2.10. The van der Waals surface area contributed by atoms with Crippen molar-refractivity contribution in [2.45, 2.75) is 26.3 Å². The molecular weight excluding hydrogens is 176 g/mol. The van der Waals surface area contributed by atoms with Crippen LogP contribution in [-0.2, 0) is 0 Å². The van der Waals surface area contributed by atoms with E-state index in [4.69, 9.17) is 5.73 Å². The molecule has 14 heavy (non-hydrogen) atoms. The second-order valence-corrected chi connectivity index (χ2v) is 3.37. The Hall–Kier alpha value is -1.51. The molecule has 3 heteroatoms. The third kappa shape index (κ3) is 2.49. The van der Waals surface area contributed by atoms with E-state index in [9.17, 15) is 4.79 Å². The lowest BCUT2D eigenvalue weighted by Gasteiger charge is -2.12. The van der Waals surface area contributed by atoms with Gasteiger partial charge in [-0.3, -0.25) is 4.79 Å². The van der Waals surface area contributed by atoms with Crippen molar-refractivity contribution in [2.24, 2.45) is 0 Å². The first kappa shape index (κ1) is 10.6. The summed E-state index contributed by atoms with van der Waals surface area (Å²) in [5.74, 6) is -0.0996. The summed E-state index contributed by atoms with van der Waals surface area (Å²) < 4.78 is 0. The van der Waals surface area contributed by atoms with Crippen LogP contribution >= 0.6 is 0 Å². The molecule has 0 spiro atoms. The Labute approximate surface area is 84.3 Å². The Morgan fingerprint density at radius 2 is 2.14 bits per heavy atom. The zero-order valence-electron chi connectivity index (χ0n) is 8.58. The first-order valence-electron chi connectivity index (χ1n) is 4.80. The van der Waals surface area contributed by atoms with Crippen LogP contribution in [-0.4, -0.2) is 11.9 Å². The number of benzene rings is 1. The minimum absolute atomic E-state index is 0.0996. The molecule has 0 heterocycles. The van der Waals surface area contributed by atoms with E-state index in [2.05, 4.69) is 5.32 Å². The molecule has 1 rings (SSSR count). The molecule has 1 aromatic rings. The van der Waals surface area contributed by atoms with Crippen LogP contribution in [0.1, 0.15) is 30.6 Å². The number of hydrogen-bond donors (Lipinski definition) is 2. The molecule has 0 bridgehead atoms. The van der Waals surface area contributed by atoms with Crippen molar-refractivity contribution in [1.29, 1.82) is 0 Å². The smallest absolute Gasteiger partial charge is 0.253 e. The van der Waals surface area contributed by atoms with Gasteiger partial charge in [-0.2, -0.15) is 0 Å². The predicted octanol–water partition coefficient (Wildman–Crippen LogP) is 1.80. The molecule has 0 saturated carbocycles. The summed E-state index contributed by atoms with van der Waals surface area (Å²) in [6.07, 6.45) is 0.915. The van der Waals surface area contributed by atoms with Crippen LogP contribution in [0.2, 0.25) is 0 Å². The van der Waals surface area contributed by atoms with Gasteiger partial charge in [0, 0.05) is 11.7 Å². The molecule has 0 aromatic heterocycles. The fraction of sp³-hybridized carbons (Fsp3) is 0.364. The lowest BCUT2D eigenvalue weighted by atomic mass is 10.1. The van der Waals surface area contributed by atoms with E-state index in [-0.39, 0.29) is 11.9 Å². The van der Waals surface area contributed by atoms with Gasteiger partial charge in [-0.15, -0.1) is 0 Å². The minimum atomic E-state index is -0.0996. The average Bonchev–Trinajstić information content (AvgIpc) is 2.18. The van der Waals surface area contributed by atoms with Crippen LogP contribution < -0.4 is 11.1 Å². The van der Waals surface area contributed by atoms with E-state index < -0.39 is 0 Å². The van der Waals surface area contributed by atoms with Crippen molar-refractivity contribution in [3.63, 3.8) is 0 Å². The van der Waals surface area contributed by atoms with Crippen LogP contribution in [0.3, 0.4) is 0 Å². The molecule has 0 radical (unpaired) electrons. The van der Waals surface area contributed by atoms with Gasteiger partial charge in [0.15, 0.2) is 0 Å². The van der Waals surface area contributed by atoms with E-state index in [0.29, 0.717) is 11.3 Å². The largest absolute Gasteiger partial charge is 0.398 e. The Morgan fingerprint density at radius 1 is 1.50 bits per heavy atom. The Balaban J connectivity index is 2.75. The molecule has 0 aliphatic heterocycles. The predicted molar refractivity (Wildman–Crippen MR) is 58.1 cm³/mol. The molecular formula is C11H16N2O. The number of para-hydroxylation sites is 1. The fourth-order valence-corrected chi connectivity index (χ4v) is 1.11. The number of nitrogen functional groups attached to an aromatic ring is 1. The Kier molecular flexibility index (Phi) is 3.51. The van der Waals surface area contributed by atoms with Crippen molar-refractivity contribution in [3.8, 4) is 0 Å². The quantitative estimate of drug-likeness (QED) is 0.717. The Bertz CT molecular complexity index is 323.